The van der Waals surface area contributed by atoms with Crippen molar-refractivity contribution in [2.75, 3.05) is 20.3 Å². The predicted molar refractivity (Wildman–Crippen MR) is 218 cm³/mol. The lowest BCUT2D eigenvalue weighted by Gasteiger charge is -2.35. The number of benzene rings is 1. The summed E-state index contributed by atoms with van der Waals surface area (Å²) in [6.45, 7) is 19.4. The number of hydrogen-bond acceptors (Lipinski definition) is 10. The SMILES string of the molecule is CCC(C)C1NC(=O)C(Cc2ccc(OC(C)(C)C)cc2)N(C)C(=O)C(C(C)CC)NC(=O)C(CCC2OCCO2)NC(=O)C(CC(C)C)NC(=O)CC(C)OC1=O. The van der Waals surface area contributed by atoms with Crippen molar-refractivity contribution in [2.24, 2.45) is 17.8 Å². The highest BCUT2D eigenvalue weighted by atomic mass is 16.7. The normalized spacial score (nSPS) is 26.4. The number of ether oxygens (including phenoxy) is 4. The summed E-state index contributed by atoms with van der Waals surface area (Å²) in [5.74, 6) is -3.69. The van der Waals surface area contributed by atoms with E-state index >= 15 is 0 Å². The molecule has 3 rings (SSSR count). The summed E-state index contributed by atoms with van der Waals surface area (Å²) in [6, 6.07) is 1.78. The molecule has 15 nitrogen and oxygen atoms in total. The van der Waals surface area contributed by atoms with Crippen molar-refractivity contribution in [3.8, 4) is 5.75 Å². The van der Waals surface area contributed by atoms with Crippen LogP contribution in [-0.2, 0) is 49.4 Å². The van der Waals surface area contributed by atoms with Crippen molar-refractivity contribution >= 4 is 35.5 Å². The minimum atomic E-state index is -1.13. The zero-order chi connectivity index (χ0) is 43.3. The number of nitrogens with one attached hydrogen (secondary N) is 4. The van der Waals surface area contributed by atoms with Crippen LogP contribution in [-0.4, -0.2) is 109 Å². The molecule has 15 heteroatoms. The van der Waals surface area contributed by atoms with Gasteiger partial charge in [-0.05, 0) is 76.0 Å². The Hall–Kier alpha value is -4.24. The van der Waals surface area contributed by atoms with Crippen molar-refractivity contribution in [3.63, 3.8) is 0 Å². The highest BCUT2D eigenvalue weighted by Gasteiger charge is 2.39. The van der Waals surface area contributed by atoms with Crippen LogP contribution < -0.4 is 26.0 Å². The quantitative estimate of drug-likeness (QED) is 0.226. The van der Waals surface area contributed by atoms with Gasteiger partial charge in [-0.25, -0.2) is 4.79 Å². The first kappa shape index (κ1) is 48.1. The number of rotatable bonds is 12. The molecule has 0 aromatic heterocycles. The number of carbonyl (C=O) groups excluding carboxylic acids is 6. The smallest absolute Gasteiger partial charge is 0.329 e. The minimum absolute atomic E-state index is 0.00831. The first-order valence-electron chi connectivity index (χ1n) is 20.9. The van der Waals surface area contributed by atoms with E-state index in [9.17, 15) is 28.8 Å². The van der Waals surface area contributed by atoms with E-state index in [1.54, 1.807) is 19.1 Å². The number of esters is 1. The van der Waals surface area contributed by atoms with Crippen molar-refractivity contribution in [1.29, 1.82) is 0 Å². The fourth-order valence-corrected chi connectivity index (χ4v) is 6.85. The average Bonchev–Trinajstić information content (AvgIpc) is 3.68. The van der Waals surface area contributed by atoms with Gasteiger partial charge in [0.1, 0.15) is 47.7 Å². The van der Waals surface area contributed by atoms with Crippen LogP contribution in [0.2, 0.25) is 0 Å². The molecule has 2 aliphatic rings. The van der Waals surface area contributed by atoms with E-state index in [-0.39, 0.29) is 49.9 Å². The van der Waals surface area contributed by atoms with E-state index in [0.29, 0.717) is 31.8 Å². The average molecular weight is 816 g/mol. The molecule has 2 fully saturated rings. The molecule has 0 saturated carbocycles. The molecule has 0 aliphatic carbocycles. The fraction of sp³-hybridized carbons (Fsp3) is 0.721. The van der Waals surface area contributed by atoms with Crippen molar-refractivity contribution in [2.45, 2.75) is 162 Å². The van der Waals surface area contributed by atoms with Gasteiger partial charge >= 0.3 is 5.97 Å². The lowest BCUT2D eigenvalue weighted by molar-refractivity contribution is -0.155. The van der Waals surface area contributed by atoms with Crippen LogP contribution in [0.3, 0.4) is 0 Å². The van der Waals surface area contributed by atoms with E-state index in [4.69, 9.17) is 18.9 Å². The largest absolute Gasteiger partial charge is 0.488 e. The molecule has 1 aromatic rings. The van der Waals surface area contributed by atoms with Crippen LogP contribution in [0.5, 0.6) is 5.75 Å². The lowest BCUT2D eigenvalue weighted by atomic mass is 9.94. The third-order valence-electron chi connectivity index (χ3n) is 10.6. The van der Waals surface area contributed by atoms with E-state index in [1.165, 1.54) is 11.9 Å². The summed E-state index contributed by atoms with van der Waals surface area (Å²) in [5, 5.41) is 11.4. The zero-order valence-corrected chi connectivity index (χ0v) is 36.5. The molecule has 2 saturated heterocycles. The highest BCUT2D eigenvalue weighted by Crippen LogP contribution is 2.22. The summed E-state index contributed by atoms with van der Waals surface area (Å²) in [7, 11) is 1.51. The molecule has 0 bridgehead atoms. The van der Waals surface area contributed by atoms with E-state index in [0.717, 1.165) is 5.56 Å². The monoisotopic (exact) mass is 816 g/mol. The maximum atomic E-state index is 14.7. The van der Waals surface area contributed by atoms with Gasteiger partial charge in [0.25, 0.3) is 0 Å². The second-order valence-corrected chi connectivity index (χ2v) is 17.3. The van der Waals surface area contributed by atoms with Crippen LogP contribution in [0.25, 0.3) is 0 Å². The second kappa shape index (κ2) is 22.2. The molecule has 2 heterocycles. The Morgan fingerprint density at radius 2 is 1.34 bits per heavy atom. The van der Waals surface area contributed by atoms with Crippen molar-refractivity contribution < 1.29 is 47.7 Å². The Labute approximate surface area is 344 Å². The van der Waals surface area contributed by atoms with E-state index in [1.807, 2.05) is 74.4 Å². The summed E-state index contributed by atoms with van der Waals surface area (Å²) >= 11 is 0. The summed E-state index contributed by atoms with van der Waals surface area (Å²) in [4.78, 5) is 85.7. The zero-order valence-electron chi connectivity index (χ0n) is 36.5. The van der Waals surface area contributed by atoms with Gasteiger partial charge in [-0.3, -0.25) is 24.0 Å². The molecule has 5 amide bonds. The van der Waals surface area contributed by atoms with Crippen LogP contribution in [0.4, 0.5) is 0 Å². The number of carbonyl (C=O) groups is 6. The van der Waals surface area contributed by atoms with E-state index < -0.39 is 83.7 Å². The standard InChI is InChI=1S/C43H69N5O10/c1-12-26(5)36-41(53)48(11)33(24-29-14-16-30(17-15-29)58-43(8,9)10)40(52)47-37(27(6)13-2)42(54)57-28(7)23-34(49)44-32(22-25(3)4)39(51)45-31(38(50)46-36)18-19-35-55-20-21-56-35/h14-17,25-28,31-33,35-37H,12-13,18-24H2,1-11H3,(H,44,49)(H,45,51)(H,46,50)(H,47,52). The molecule has 326 valence electrons. The van der Waals surface area contributed by atoms with Gasteiger partial charge in [0.15, 0.2) is 6.29 Å². The topological polar surface area (TPSA) is 191 Å². The van der Waals surface area contributed by atoms with Crippen LogP contribution in [0.1, 0.15) is 113 Å². The number of hydrogen-bond donors (Lipinski definition) is 4. The molecular formula is C43H69N5O10. The van der Waals surface area contributed by atoms with Crippen molar-refractivity contribution in [1.82, 2.24) is 26.2 Å². The second-order valence-electron chi connectivity index (χ2n) is 17.3. The highest BCUT2D eigenvalue weighted by molar-refractivity contribution is 5.96. The first-order valence-corrected chi connectivity index (χ1v) is 20.9. The Morgan fingerprint density at radius 1 is 0.776 bits per heavy atom. The van der Waals surface area contributed by atoms with Crippen molar-refractivity contribution in [3.05, 3.63) is 29.8 Å². The van der Waals surface area contributed by atoms with Gasteiger partial charge in [0, 0.05) is 19.9 Å². The number of amides is 5. The number of cyclic esters (lactones) is 1. The summed E-state index contributed by atoms with van der Waals surface area (Å²) in [5.41, 5.74) is 0.293. The maximum Gasteiger partial charge on any atom is 0.329 e. The molecule has 2 aliphatic heterocycles. The van der Waals surface area contributed by atoms with Gasteiger partial charge in [0.2, 0.25) is 29.5 Å². The van der Waals surface area contributed by atoms with Gasteiger partial charge in [0.05, 0.1) is 19.6 Å². The maximum absolute atomic E-state index is 14.7. The van der Waals surface area contributed by atoms with Gasteiger partial charge in [-0.1, -0.05) is 66.5 Å². The molecule has 4 N–H and O–H groups in total. The lowest BCUT2D eigenvalue weighted by Crippen LogP contribution is -2.61. The van der Waals surface area contributed by atoms with Crippen LogP contribution >= 0.6 is 0 Å². The van der Waals surface area contributed by atoms with Crippen LogP contribution in [0.15, 0.2) is 24.3 Å². The van der Waals surface area contributed by atoms with Gasteiger partial charge in [-0.2, -0.15) is 0 Å². The molecule has 8 atom stereocenters. The molecule has 8 unspecified atom stereocenters. The Bertz CT molecular complexity index is 1540. The fourth-order valence-electron chi connectivity index (χ4n) is 6.85. The van der Waals surface area contributed by atoms with Gasteiger partial charge < -0.3 is 45.1 Å². The summed E-state index contributed by atoms with van der Waals surface area (Å²) < 4.78 is 23.0. The molecule has 1 aromatic carbocycles. The molecule has 0 radical (unpaired) electrons. The van der Waals surface area contributed by atoms with Crippen LogP contribution in [0, 0.1) is 17.8 Å². The summed E-state index contributed by atoms with van der Waals surface area (Å²) in [6.07, 6.45) is 0.0249. The minimum Gasteiger partial charge on any atom is -0.488 e. The van der Waals surface area contributed by atoms with E-state index in [2.05, 4.69) is 21.3 Å². The molecule has 0 spiro atoms. The molecule has 58 heavy (non-hydrogen) atoms. The Balaban J connectivity index is 2.11. The third kappa shape index (κ3) is 14.9. The predicted octanol–water partition coefficient (Wildman–Crippen LogP) is 3.80. The molecular weight excluding hydrogens is 746 g/mol. The number of nitrogens with zero attached hydrogens (tertiary/aromatic N) is 1. The van der Waals surface area contributed by atoms with Gasteiger partial charge in [-0.15, -0.1) is 0 Å². The Kier molecular flexibility index (Phi) is 18.4. The number of likely N-dealkylation sites (N-methyl/N-ethyl adjacent to an activating group) is 1. The Morgan fingerprint density at radius 3 is 1.91 bits per heavy atom. The third-order valence-corrected chi connectivity index (χ3v) is 10.6. The first-order chi connectivity index (χ1) is 27.2.